The second-order valence-electron chi connectivity index (χ2n) is 7.99. The molecule has 1 aliphatic rings. The average Bonchev–Trinajstić information content (AvgIpc) is 3.23. The third-order valence-corrected chi connectivity index (χ3v) is 5.69. The molecular formula is C23H27FN6O2. The second kappa shape index (κ2) is 9.54. The van der Waals surface area contributed by atoms with Gasteiger partial charge in [0.25, 0.3) is 11.9 Å². The van der Waals surface area contributed by atoms with Crippen LogP contribution < -0.4 is 0 Å². The summed E-state index contributed by atoms with van der Waals surface area (Å²) in [6, 6.07) is 8.52. The van der Waals surface area contributed by atoms with Crippen molar-refractivity contribution in [2.24, 2.45) is 0 Å². The van der Waals surface area contributed by atoms with Crippen molar-refractivity contribution in [2.45, 2.75) is 26.5 Å². The molecule has 1 amide bonds. The molecule has 0 radical (unpaired) electrons. The van der Waals surface area contributed by atoms with Crippen LogP contribution in [0.15, 0.2) is 42.7 Å². The lowest BCUT2D eigenvalue weighted by atomic mass is 10.1. The van der Waals surface area contributed by atoms with Crippen molar-refractivity contribution in [3.8, 4) is 17.2 Å². The molecule has 0 bridgehead atoms. The van der Waals surface area contributed by atoms with Crippen LogP contribution in [0.1, 0.15) is 29.9 Å². The maximum atomic E-state index is 14.2. The molecule has 32 heavy (non-hydrogen) atoms. The molecule has 0 atom stereocenters. The standard InChI is InChI=1S/C23H27FN6O2/c1-16(2)28-10-12-29(13-11-28)22(31)18-14-26-30(21(18)15-32-3)23-25-9-8-20(27-23)17-6-4-5-7-19(17)24/h4-9,14,16H,10-13,15H2,1-3H3. The van der Waals surface area contributed by atoms with Crippen LogP contribution in [0.4, 0.5) is 4.39 Å². The minimum Gasteiger partial charge on any atom is -0.378 e. The number of piperazine rings is 1. The number of ether oxygens (including phenoxy) is 1. The Morgan fingerprint density at radius 1 is 1.16 bits per heavy atom. The van der Waals surface area contributed by atoms with E-state index in [0.717, 1.165) is 13.1 Å². The van der Waals surface area contributed by atoms with E-state index in [1.54, 1.807) is 37.6 Å². The number of rotatable bonds is 6. The van der Waals surface area contributed by atoms with E-state index in [9.17, 15) is 9.18 Å². The fourth-order valence-electron chi connectivity index (χ4n) is 3.88. The Hall–Kier alpha value is -3.17. The lowest BCUT2D eigenvalue weighted by Crippen LogP contribution is -2.50. The molecule has 1 saturated heterocycles. The van der Waals surface area contributed by atoms with E-state index in [4.69, 9.17) is 4.74 Å². The smallest absolute Gasteiger partial charge is 0.257 e. The van der Waals surface area contributed by atoms with Crippen molar-refractivity contribution >= 4 is 5.91 Å². The van der Waals surface area contributed by atoms with Gasteiger partial charge in [-0.3, -0.25) is 9.69 Å². The van der Waals surface area contributed by atoms with Gasteiger partial charge in [0, 0.05) is 51.1 Å². The molecule has 0 aliphatic carbocycles. The van der Waals surface area contributed by atoms with Crippen molar-refractivity contribution in [1.29, 1.82) is 0 Å². The van der Waals surface area contributed by atoms with Crippen LogP contribution in [0.25, 0.3) is 17.2 Å². The Morgan fingerprint density at radius 3 is 2.59 bits per heavy atom. The number of hydrogen-bond donors (Lipinski definition) is 0. The minimum atomic E-state index is -0.369. The van der Waals surface area contributed by atoms with Crippen LogP contribution in [-0.4, -0.2) is 74.8 Å². The molecule has 1 aromatic carbocycles. The monoisotopic (exact) mass is 438 g/mol. The molecule has 2 aromatic heterocycles. The first-order valence-electron chi connectivity index (χ1n) is 10.7. The van der Waals surface area contributed by atoms with E-state index in [1.807, 2.05) is 4.90 Å². The van der Waals surface area contributed by atoms with Gasteiger partial charge in [0.05, 0.1) is 29.8 Å². The summed E-state index contributed by atoms with van der Waals surface area (Å²) in [6.07, 6.45) is 3.08. The molecule has 8 nitrogen and oxygen atoms in total. The summed E-state index contributed by atoms with van der Waals surface area (Å²) < 4.78 is 21.1. The van der Waals surface area contributed by atoms with E-state index < -0.39 is 0 Å². The number of hydrogen-bond acceptors (Lipinski definition) is 6. The second-order valence-corrected chi connectivity index (χ2v) is 7.99. The maximum absolute atomic E-state index is 14.2. The van der Waals surface area contributed by atoms with Crippen LogP contribution in [0, 0.1) is 5.82 Å². The normalized spacial score (nSPS) is 14.8. The summed E-state index contributed by atoms with van der Waals surface area (Å²) in [4.78, 5) is 26.2. The van der Waals surface area contributed by atoms with Gasteiger partial charge in [0.15, 0.2) is 0 Å². The highest BCUT2D eigenvalue weighted by molar-refractivity contribution is 5.95. The van der Waals surface area contributed by atoms with Gasteiger partial charge >= 0.3 is 0 Å². The van der Waals surface area contributed by atoms with E-state index in [1.165, 1.54) is 16.9 Å². The Bertz CT molecular complexity index is 1090. The largest absolute Gasteiger partial charge is 0.378 e. The third kappa shape index (κ3) is 4.39. The predicted octanol–water partition coefficient (Wildman–Crippen LogP) is 2.78. The van der Waals surface area contributed by atoms with Crippen molar-refractivity contribution in [3.63, 3.8) is 0 Å². The Balaban J connectivity index is 1.64. The predicted molar refractivity (Wildman–Crippen MR) is 118 cm³/mol. The van der Waals surface area contributed by atoms with Gasteiger partial charge in [-0.15, -0.1) is 0 Å². The highest BCUT2D eigenvalue weighted by Gasteiger charge is 2.27. The third-order valence-electron chi connectivity index (χ3n) is 5.69. The highest BCUT2D eigenvalue weighted by atomic mass is 19.1. The Kier molecular flexibility index (Phi) is 6.57. The van der Waals surface area contributed by atoms with Gasteiger partial charge in [-0.2, -0.15) is 9.78 Å². The first kappa shape index (κ1) is 22.0. The van der Waals surface area contributed by atoms with Crippen LogP contribution >= 0.6 is 0 Å². The number of aromatic nitrogens is 4. The summed E-state index contributed by atoms with van der Waals surface area (Å²) in [5.74, 6) is -0.204. The Labute approximate surface area is 186 Å². The van der Waals surface area contributed by atoms with Crippen LogP contribution in [0.3, 0.4) is 0 Å². The number of methoxy groups -OCH3 is 1. The van der Waals surface area contributed by atoms with Gasteiger partial charge in [-0.1, -0.05) is 12.1 Å². The van der Waals surface area contributed by atoms with Crippen molar-refractivity contribution in [3.05, 3.63) is 59.8 Å². The minimum absolute atomic E-state index is 0.0861. The first-order valence-corrected chi connectivity index (χ1v) is 10.7. The molecule has 0 saturated carbocycles. The molecule has 0 N–H and O–H groups in total. The highest BCUT2D eigenvalue weighted by Crippen LogP contribution is 2.22. The molecule has 9 heteroatoms. The van der Waals surface area contributed by atoms with Gasteiger partial charge in [0.2, 0.25) is 0 Å². The molecule has 0 unspecified atom stereocenters. The number of amides is 1. The number of carbonyl (C=O) groups is 1. The van der Waals surface area contributed by atoms with Gasteiger partial charge in [0.1, 0.15) is 5.82 Å². The summed E-state index contributed by atoms with van der Waals surface area (Å²) >= 11 is 0. The average molecular weight is 439 g/mol. The molecular weight excluding hydrogens is 411 g/mol. The quantitative estimate of drug-likeness (QED) is 0.589. The van der Waals surface area contributed by atoms with Gasteiger partial charge in [-0.05, 0) is 32.0 Å². The molecule has 3 aromatic rings. The number of benzene rings is 1. The summed E-state index contributed by atoms with van der Waals surface area (Å²) in [7, 11) is 1.56. The van der Waals surface area contributed by atoms with E-state index in [-0.39, 0.29) is 24.3 Å². The zero-order valence-corrected chi connectivity index (χ0v) is 18.5. The lowest BCUT2D eigenvalue weighted by molar-refractivity contribution is 0.0591. The fourth-order valence-corrected chi connectivity index (χ4v) is 3.88. The summed E-state index contributed by atoms with van der Waals surface area (Å²) in [5.41, 5.74) is 1.83. The molecule has 1 fully saturated rings. The van der Waals surface area contributed by atoms with Crippen molar-refractivity contribution < 1.29 is 13.9 Å². The number of nitrogens with zero attached hydrogens (tertiary/aromatic N) is 6. The van der Waals surface area contributed by atoms with Gasteiger partial charge in [-0.25, -0.2) is 14.4 Å². The Morgan fingerprint density at radius 2 is 1.91 bits per heavy atom. The van der Waals surface area contributed by atoms with E-state index in [2.05, 4.69) is 33.8 Å². The number of halogens is 1. The molecule has 0 spiro atoms. The molecule has 4 rings (SSSR count). The lowest BCUT2D eigenvalue weighted by Gasteiger charge is -2.36. The topological polar surface area (TPSA) is 76.4 Å². The first-order chi connectivity index (χ1) is 15.5. The molecule has 3 heterocycles. The van der Waals surface area contributed by atoms with Crippen LogP contribution in [-0.2, 0) is 11.3 Å². The van der Waals surface area contributed by atoms with Crippen molar-refractivity contribution in [2.75, 3.05) is 33.3 Å². The fraction of sp³-hybridized carbons (Fsp3) is 0.391. The zero-order valence-electron chi connectivity index (χ0n) is 18.5. The zero-order chi connectivity index (χ0) is 22.7. The SMILES string of the molecule is COCc1c(C(=O)N2CCN(C(C)C)CC2)cnn1-c1nccc(-c2ccccc2F)n1. The van der Waals surface area contributed by atoms with Crippen LogP contribution in [0.2, 0.25) is 0 Å². The van der Waals surface area contributed by atoms with E-state index in [0.29, 0.717) is 41.6 Å². The van der Waals surface area contributed by atoms with Crippen LogP contribution in [0.5, 0.6) is 0 Å². The maximum Gasteiger partial charge on any atom is 0.257 e. The van der Waals surface area contributed by atoms with Gasteiger partial charge < -0.3 is 9.64 Å². The molecule has 1 aliphatic heterocycles. The summed E-state index contributed by atoms with van der Waals surface area (Å²) in [5, 5.41) is 4.38. The van der Waals surface area contributed by atoms with E-state index >= 15 is 0 Å². The summed E-state index contributed by atoms with van der Waals surface area (Å²) in [6.45, 7) is 7.49. The van der Waals surface area contributed by atoms with Crippen molar-refractivity contribution in [1.82, 2.24) is 29.5 Å². The molecule has 168 valence electrons. The number of carbonyl (C=O) groups excluding carboxylic acids is 1.